The summed E-state index contributed by atoms with van der Waals surface area (Å²) < 4.78 is 5.09. The fourth-order valence-corrected chi connectivity index (χ4v) is 3.27. The van der Waals surface area contributed by atoms with Crippen molar-refractivity contribution in [1.29, 1.82) is 0 Å². The van der Waals surface area contributed by atoms with Crippen LogP contribution >= 0.6 is 0 Å². The molecule has 1 heterocycles. The predicted molar refractivity (Wildman–Crippen MR) is 107 cm³/mol. The molecule has 2 aromatic carbocycles. The van der Waals surface area contributed by atoms with Gasteiger partial charge in [0.15, 0.2) is 6.61 Å². The summed E-state index contributed by atoms with van der Waals surface area (Å²) in [6.07, 6.45) is 3.93. The molecule has 0 unspecified atom stereocenters. The van der Waals surface area contributed by atoms with Crippen LogP contribution in [0, 0.1) is 6.92 Å². The van der Waals surface area contributed by atoms with Crippen LogP contribution in [0.3, 0.4) is 0 Å². The molecular formula is C22H26N2O3. The van der Waals surface area contributed by atoms with Crippen molar-refractivity contribution in [3.63, 3.8) is 0 Å². The van der Waals surface area contributed by atoms with Gasteiger partial charge in [0.05, 0.1) is 6.42 Å². The second-order valence-corrected chi connectivity index (χ2v) is 6.91. The minimum Gasteiger partial charge on any atom is -0.455 e. The molecule has 0 spiro atoms. The first-order valence-electron chi connectivity index (χ1n) is 9.47. The van der Waals surface area contributed by atoms with E-state index in [1.165, 1.54) is 24.9 Å². The lowest BCUT2D eigenvalue weighted by atomic mass is 10.1. The highest BCUT2D eigenvalue weighted by atomic mass is 16.5. The van der Waals surface area contributed by atoms with Crippen molar-refractivity contribution < 1.29 is 14.3 Å². The summed E-state index contributed by atoms with van der Waals surface area (Å²) in [6, 6.07) is 15.5. The number of piperidine rings is 1. The van der Waals surface area contributed by atoms with Gasteiger partial charge in [0.2, 0.25) is 0 Å². The van der Waals surface area contributed by atoms with Crippen LogP contribution in [0.1, 0.15) is 30.4 Å². The standard InChI is InChI=1S/C22H26N2O3/c1-17-7-3-4-8-18(17)15-22(26)27-16-21(25)23-19-9-11-20(12-10-19)24-13-5-2-6-14-24/h3-4,7-12H,2,5-6,13-16H2,1H3,(H,23,25). The largest absolute Gasteiger partial charge is 0.455 e. The Morgan fingerprint density at radius 1 is 1.00 bits per heavy atom. The number of carbonyl (C=O) groups excluding carboxylic acids is 2. The lowest BCUT2D eigenvalue weighted by molar-refractivity contribution is -0.146. The molecule has 1 fully saturated rings. The number of amides is 1. The van der Waals surface area contributed by atoms with E-state index in [9.17, 15) is 9.59 Å². The summed E-state index contributed by atoms with van der Waals surface area (Å²) in [5.41, 5.74) is 3.83. The third-order valence-electron chi connectivity index (χ3n) is 4.83. The second kappa shape index (κ2) is 9.21. The molecule has 1 N–H and O–H groups in total. The van der Waals surface area contributed by atoms with Gasteiger partial charge in [-0.25, -0.2) is 0 Å². The van der Waals surface area contributed by atoms with E-state index in [4.69, 9.17) is 4.74 Å². The first-order valence-corrected chi connectivity index (χ1v) is 9.47. The Kier molecular flexibility index (Phi) is 6.47. The Balaban J connectivity index is 1.45. The fourth-order valence-electron chi connectivity index (χ4n) is 3.27. The fraction of sp³-hybridized carbons (Fsp3) is 0.364. The molecular weight excluding hydrogens is 340 g/mol. The van der Waals surface area contributed by atoms with Crippen LogP contribution in [0.25, 0.3) is 0 Å². The summed E-state index contributed by atoms with van der Waals surface area (Å²) in [5, 5.41) is 2.77. The first-order chi connectivity index (χ1) is 13.1. The minimum absolute atomic E-state index is 0.171. The van der Waals surface area contributed by atoms with Crippen molar-refractivity contribution in [2.24, 2.45) is 0 Å². The van der Waals surface area contributed by atoms with Gasteiger partial charge in [-0.1, -0.05) is 24.3 Å². The number of benzene rings is 2. The van der Waals surface area contributed by atoms with E-state index >= 15 is 0 Å². The number of aryl methyl sites for hydroxylation is 1. The zero-order valence-corrected chi connectivity index (χ0v) is 15.7. The lowest BCUT2D eigenvalue weighted by Crippen LogP contribution is -2.29. The highest BCUT2D eigenvalue weighted by Gasteiger charge is 2.12. The van der Waals surface area contributed by atoms with Gasteiger partial charge < -0.3 is 15.0 Å². The zero-order chi connectivity index (χ0) is 19.1. The molecule has 0 aliphatic carbocycles. The van der Waals surface area contributed by atoms with E-state index in [0.717, 1.165) is 24.2 Å². The number of carbonyl (C=O) groups is 2. The summed E-state index contributed by atoms with van der Waals surface area (Å²) in [5.74, 6) is -0.737. The Labute approximate surface area is 160 Å². The lowest BCUT2D eigenvalue weighted by Gasteiger charge is -2.28. The van der Waals surface area contributed by atoms with Crippen molar-refractivity contribution in [3.05, 3.63) is 59.7 Å². The van der Waals surface area contributed by atoms with Gasteiger partial charge in [0.25, 0.3) is 5.91 Å². The van der Waals surface area contributed by atoms with E-state index in [1.54, 1.807) is 0 Å². The quantitative estimate of drug-likeness (QED) is 0.792. The van der Waals surface area contributed by atoms with Gasteiger partial charge >= 0.3 is 5.97 Å². The normalized spacial score (nSPS) is 13.9. The third kappa shape index (κ3) is 5.58. The van der Waals surface area contributed by atoms with Gasteiger partial charge in [-0.05, 0) is 61.6 Å². The van der Waals surface area contributed by atoms with E-state index in [0.29, 0.717) is 5.69 Å². The van der Waals surface area contributed by atoms with E-state index in [-0.39, 0.29) is 18.9 Å². The molecule has 5 nitrogen and oxygen atoms in total. The van der Waals surface area contributed by atoms with Crippen LogP contribution in [0.2, 0.25) is 0 Å². The first kappa shape index (κ1) is 19.0. The third-order valence-corrected chi connectivity index (χ3v) is 4.83. The van der Waals surface area contributed by atoms with Crippen LogP contribution in [-0.2, 0) is 20.7 Å². The molecule has 142 valence electrons. The number of esters is 1. The second-order valence-electron chi connectivity index (χ2n) is 6.91. The molecule has 0 bridgehead atoms. The molecule has 1 aliphatic rings. The van der Waals surface area contributed by atoms with Gasteiger partial charge in [0, 0.05) is 24.5 Å². The molecule has 0 atom stereocenters. The van der Waals surface area contributed by atoms with Crippen LogP contribution < -0.4 is 10.2 Å². The van der Waals surface area contributed by atoms with E-state index in [1.807, 2.05) is 55.5 Å². The predicted octanol–water partition coefficient (Wildman–Crippen LogP) is 3.71. The van der Waals surface area contributed by atoms with Gasteiger partial charge in [0.1, 0.15) is 0 Å². The number of nitrogens with zero attached hydrogens (tertiary/aromatic N) is 1. The number of hydrogen-bond donors (Lipinski definition) is 1. The van der Waals surface area contributed by atoms with Crippen LogP contribution in [-0.4, -0.2) is 31.6 Å². The molecule has 0 aromatic heterocycles. The Bertz CT molecular complexity index is 780. The number of rotatable bonds is 6. The molecule has 1 amide bonds. The summed E-state index contributed by atoms with van der Waals surface area (Å²) in [6.45, 7) is 3.84. The van der Waals surface area contributed by atoms with Crippen LogP contribution in [0.5, 0.6) is 0 Å². The molecule has 0 saturated carbocycles. The maximum absolute atomic E-state index is 12.0. The van der Waals surface area contributed by atoms with Crippen LogP contribution in [0.4, 0.5) is 11.4 Å². The smallest absolute Gasteiger partial charge is 0.310 e. The average molecular weight is 366 g/mol. The average Bonchev–Trinajstić information content (AvgIpc) is 2.69. The molecule has 1 aliphatic heterocycles. The minimum atomic E-state index is -0.403. The Hall–Kier alpha value is -2.82. The van der Waals surface area contributed by atoms with Crippen molar-refractivity contribution in [3.8, 4) is 0 Å². The summed E-state index contributed by atoms with van der Waals surface area (Å²) >= 11 is 0. The Morgan fingerprint density at radius 2 is 1.70 bits per heavy atom. The Morgan fingerprint density at radius 3 is 2.41 bits per heavy atom. The van der Waals surface area contributed by atoms with Crippen LogP contribution in [0.15, 0.2) is 48.5 Å². The van der Waals surface area contributed by atoms with Gasteiger partial charge in [-0.2, -0.15) is 0 Å². The molecule has 0 radical (unpaired) electrons. The topological polar surface area (TPSA) is 58.6 Å². The maximum atomic E-state index is 12.0. The summed E-state index contributed by atoms with van der Waals surface area (Å²) in [7, 11) is 0. The summed E-state index contributed by atoms with van der Waals surface area (Å²) in [4.78, 5) is 26.3. The number of hydrogen-bond acceptors (Lipinski definition) is 4. The number of anilines is 2. The van der Waals surface area contributed by atoms with E-state index in [2.05, 4.69) is 10.2 Å². The van der Waals surface area contributed by atoms with E-state index < -0.39 is 5.97 Å². The molecule has 3 rings (SSSR count). The van der Waals surface area contributed by atoms with Crippen molar-refractivity contribution >= 4 is 23.3 Å². The highest BCUT2D eigenvalue weighted by molar-refractivity contribution is 5.93. The van der Waals surface area contributed by atoms with Gasteiger partial charge in [-0.15, -0.1) is 0 Å². The van der Waals surface area contributed by atoms with Gasteiger partial charge in [-0.3, -0.25) is 9.59 Å². The molecule has 5 heteroatoms. The maximum Gasteiger partial charge on any atom is 0.310 e. The molecule has 27 heavy (non-hydrogen) atoms. The van der Waals surface area contributed by atoms with Crippen molar-refractivity contribution in [2.45, 2.75) is 32.6 Å². The van der Waals surface area contributed by atoms with Crippen molar-refractivity contribution in [1.82, 2.24) is 0 Å². The number of ether oxygens (including phenoxy) is 1. The monoisotopic (exact) mass is 366 g/mol. The molecule has 2 aromatic rings. The highest BCUT2D eigenvalue weighted by Crippen LogP contribution is 2.21. The van der Waals surface area contributed by atoms with Crippen molar-refractivity contribution in [2.75, 3.05) is 29.9 Å². The molecule has 1 saturated heterocycles. The zero-order valence-electron chi connectivity index (χ0n) is 15.7. The number of nitrogens with one attached hydrogen (secondary N) is 1. The SMILES string of the molecule is Cc1ccccc1CC(=O)OCC(=O)Nc1ccc(N2CCCCC2)cc1.